The van der Waals surface area contributed by atoms with E-state index in [1.54, 1.807) is 0 Å². The van der Waals surface area contributed by atoms with E-state index in [1.165, 1.54) is 5.69 Å². The van der Waals surface area contributed by atoms with Crippen LogP contribution in [0.2, 0.25) is 0 Å². The smallest absolute Gasteiger partial charge is 0.146 e. The molecule has 90 valence electrons. The molecule has 0 amide bonds. The first-order valence-corrected chi connectivity index (χ1v) is 6.39. The summed E-state index contributed by atoms with van der Waals surface area (Å²) in [7, 11) is 0. The van der Waals surface area contributed by atoms with Crippen LogP contribution < -0.4 is 4.74 Å². The van der Waals surface area contributed by atoms with Crippen molar-refractivity contribution in [3.8, 4) is 5.75 Å². The number of hydrogen-bond donors (Lipinski definition) is 0. The van der Waals surface area contributed by atoms with Crippen LogP contribution in [-0.4, -0.2) is 9.55 Å². The van der Waals surface area contributed by atoms with Gasteiger partial charge < -0.3 is 9.30 Å². The number of halogens is 1. The Bertz CT molecular complexity index is 491. The number of rotatable bonds is 4. The minimum Gasteiger partial charge on any atom is -0.486 e. The molecule has 1 aromatic heterocycles. The van der Waals surface area contributed by atoms with Gasteiger partial charge in [-0.1, -0.05) is 15.9 Å². The molecule has 0 radical (unpaired) electrons. The van der Waals surface area contributed by atoms with Crippen molar-refractivity contribution < 1.29 is 4.74 Å². The van der Waals surface area contributed by atoms with E-state index in [-0.39, 0.29) is 0 Å². The highest BCUT2D eigenvalue weighted by molar-refractivity contribution is 9.10. The van der Waals surface area contributed by atoms with Gasteiger partial charge in [-0.15, -0.1) is 0 Å². The summed E-state index contributed by atoms with van der Waals surface area (Å²) < 4.78 is 8.90. The second-order valence-electron chi connectivity index (χ2n) is 3.80. The van der Waals surface area contributed by atoms with Crippen molar-refractivity contribution >= 4 is 15.9 Å². The summed E-state index contributed by atoms with van der Waals surface area (Å²) in [5.74, 6) is 1.82. The maximum absolute atomic E-state index is 5.70. The molecular weight excluding hydrogens is 280 g/mol. The molecule has 0 N–H and O–H groups in total. The first-order chi connectivity index (χ1) is 8.20. The average Bonchev–Trinajstić information content (AvgIpc) is 2.69. The van der Waals surface area contributed by atoms with Gasteiger partial charge in [0, 0.05) is 22.9 Å². The topological polar surface area (TPSA) is 27.1 Å². The van der Waals surface area contributed by atoms with Crippen LogP contribution in [0.1, 0.15) is 18.4 Å². The molecule has 17 heavy (non-hydrogen) atoms. The van der Waals surface area contributed by atoms with Crippen LogP contribution >= 0.6 is 15.9 Å². The van der Waals surface area contributed by atoms with Crippen LogP contribution in [0.5, 0.6) is 5.75 Å². The summed E-state index contributed by atoms with van der Waals surface area (Å²) >= 11 is 3.40. The fourth-order valence-electron chi connectivity index (χ4n) is 1.74. The molecule has 0 spiro atoms. The zero-order valence-corrected chi connectivity index (χ0v) is 11.6. The lowest BCUT2D eigenvalue weighted by atomic mass is 10.3. The van der Waals surface area contributed by atoms with Gasteiger partial charge in [-0.2, -0.15) is 0 Å². The maximum Gasteiger partial charge on any atom is 0.146 e. The Hall–Kier alpha value is -1.29. The van der Waals surface area contributed by atoms with Crippen molar-refractivity contribution in [2.24, 2.45) is 0 Å². The first kappa shape index (κ1) is 12.2. The van der Waals surface area contributed by atoms with Gasteiger partial charge in [0.05, 0.1) is 0 Å². The zero-order valence-electron chi connectivity index (χ0n) is 9.98. The molecule has 0 unspecified atom stereocenters. The van der Waals surface area contributed by atoms with E-state index in [9.17, 15) is 0 Å². The van der Waals surface area contributed by atoms with Gasteiger partial charge in [-0.25, -0.2) is 4.98 Å². The number of benzene rings is 1. The third-order valence-electron chi connectivity index (χ3n) is 2.64. The Labute approximate surface area is 110 Å². The van der Waals surface area contributed by atoms with E-state index in [0.717, 1.165) is 22.6 Å². The number of aryl methyl sites for hydroxylation is 1. The van der Waals surface area contributed by atoms with E-state index in [1.807, 2.05) is 30.5 Å². The van der Waals surface area contributed by atoms with E-state index < -0.39 is 0 Å². The van der Waals surface area contributed by atoms with Crippen LogP contribution in [0.4, 0.5) is 0 Å². The zero-order chi connectivity index (χ0) is 12.3. The summed E-state index contributed by atoms with van der Waals surface area (Å²) in [5.41, 5.74) is 1.17. The molecule has 2 aromatic rings. The highest BCUT2D eigenvalue weighted by atomic mass is 79.9. The fraction of sp³-hybridized carbons (Fsp3) is 0.308. The predicted octanol–water partition coefficient (Wildman–Crippen LogP) is 3.55. The molecule has 2 rings (SSSR count). The lowest BCUT2D eigenvalue weighted by Crippen LogP contribution is -2.07. The Morgan fingerprint density at radius 3 is 2.65 bits per heavy atom. The lowest BCUT2D eigenvalue weighted by molar-refractivity contribution is 0.289. The molecule has 0 saturated heterocycles. The Morgan fingerprint density at radius 2 is 2.00 bits per heavy atom. The average molecular weight is 295 g/mol. The monoisotopic (exact) mass is 294 g/mol. The Kier molecular flexibility index (Phi) is 3.84. The molecule has 1 heterocycles. The fourth-order valence-corrected chi connectivity index (χ4v) is 2.00. The summed E-state index contributed by atoms with van der Waals surface area (Å²) in [6, 6.07) is 7.81. The molecule has 0 aliphatic heterocycles. The van der Waals surface area contributed by atoms with E-state index >= 15 is 0 Å². The van der Waals surface area contributed by atoms with E-state index in [0.29, 0.717) is 6.61 Å². The first-order valence-electron chi connectivity index (χ1n) is 5.60. The van der Waals surface area contributed by atoms with Crippen LogP contribution in [0.15, 0.2) is 34.9 Å². The quantitative estimate of drug-likeness (QED) is 0.862. The number of hydrogen-bond acceptors (Lipinski definition) is 2. The summed E-state index contributed by atoms with van der Waals surface area (Å²) in [6.07, 6.45) is 1.88. The third-order valence-corrected chi connectivity index (χ3v) is 3.16. The van der Waals surface area contributed by atoms with Crippen LogP contribution in [0.25, 0.3) is 0 Å². The summed E-state index contributed by atoms with van der Waals surface area (Å²) in [4.78, 5) is 4.35. The normalized spacial score (nSPS) is 10.5. The maximum atomic E-state index is 5.70. The molecule has 0 atom stereocenters. The molecule has 0 aliphatic carbocycles. The van der Waals surface area contributed by atoms with Crippen molar-refractivity contribution in [2.75, 3.05) is 0 Å². The van der Waals surface area contributed by atoms with Crippen molar-refractivity contribution in [2.45, 2.75) is 27.0 Å². The molecule has 4 heteroatoms. The SMILES string of the molecule is CCn1c(C)cnc1COc1ccc(Br)cc1. The molecule has 0 saturated carbocycles. The van der Waals surface area contributed by atoms with Gasteiger partial charge in [0.25, 0.3) is 0 Å². The highest BCUT2D eigenvalue weighted by Crippen LogP contribution is 2.17. The highest BCUT2D eigenvalue weighted by Gasteiger charge is 2.05. The third kappa shape index (κ3) is 2.88. The van der Waals surface area contributed by atoms with Gasteiger partial charge in [0.15, 0.2) is 0 Å². The summed E-state index contributed by atoms with van der Waals surface area (Å²) in [6.45, 7) is 5.59. The van der Waals surface area contributed by atoms with Gasteiger partial charge >= 0.3 is 0 Å². The number of imidazole rings is 1. The standard InChI is InChI=1S/C13H15BrN2O/c1-3-16-10(2)8-15-13(16)9-17-12-6-4-11(14)5-7-12/h4-8H,3,9H2,1-2H3. The molecule has 3 nitrogen and oxygen atoms in total. The molecule has 1 aromatic carbocycles. The number of nitrogens with zero attached hydrogens (tertiary/aromatic N) is 2. The molecule has 0 aliphatic rings. The number of aromatic nitrogens is 2. The van der Waals surface area contributed by atoms with E-state index in [2.05, 4.69) is 39.3 Å². The second kappa shape index (κ2) is 5.36. The van der Waals surface area contributed by atoms with Gasteiger partial charge in [-0.05, 0) is 38.1 Å². The molecule has 0 fully saturated rings. The molecular formula is C13H15BrN2O. The minimum atomic E-state index is 0.503. The van der Waals surface area contributed by atoms with Crippen LogP contribution in [0.3, 0.4) is 0 Å². The lowest BCUT2D eigenvalue weighted by Gasteiger charge is -2.08. The minimum absolute atomic E-state index is 0.503. The van der Waals surface area contributed by atoms with Crippen molar-refractivity contribution in [1.82, 2.24) is 9.55 Å². The van der Waals surface area contributed by atoms with Gasteiger partial charge in [0.1, 0.15) is 18.2 Å². The van der Waals surface area contributed by atoms with Crippen LogP contribution in [0, 0.1) is 6.92 Å². The van der Waals surface area contributed by atoms with Crippen molar-refractivity contribution in [3.63, 3.8) is 0 Å². The predicted molar refractivity (Wildman–Crippen MR) is 71.1 cm³/mol. The van der Waals surface area contributed by atoms with Crippen LogP contribution in [-0.2, 0) is 13.2 Å². The van der Waals surface area contributed by atoms with Crippen molar-refractivity contribution in [3.05, 3.63) is 46.5 Å². The van der Waals surface area contributed by atoms with Crippen molar-refractivity contribution in [1.29, 1.82) is 0 Å². The summed E-state index contributed by atoms with van der Waals surface area (Å²) in [5, 5.41) is 0. The van der Waals surface area contributed by atoms with Gasteiger partial charge in [-0.3, -0.25) is 0 Å². The Balaban J connectivity index is 2.04. The number of ether oxygens (including phenoxy) is 1. The largest absolute Gasteiger partial charge is 0.486 e. The van der Waals surface area contributed by atoms with Gasteiger partial charge in [0.2, 0.25) is 0 Å². The molecule has 0 bridgehead atoms. The second-order valence-corrected chi connectivity index (χ2v) is 4.72. The Morgan fingerprint density at radius 1 is 1.29 bits per heavy atom. The van der Waals surface area contributed by atoms with E-state index in [4.69, 9.17) is 4.74 Å².